The van der Waals surface area contributed by atoms with Crippen molar-refractivity contribution in [2.45, 2.75) is 33.0 Å². The Morgan fingerprint density at radius 1 is 1.23 bits per heavy atom. The second-order valence-corrected chi connectivity index (χ2v) is 3.82. The van der Waals surface area contributed by atoms with Gasteiger partial charge in [0.2, 0.25) is 0 Å². The Kier molecular flexibility index (Phi) is 2.10. The quantitative estimate of drug-likeness (QED) is 0.645. The summed E-state index contributed by atoms with van der Waals surface area (Å²) in [6.07, 6.45) is 0.195. The molecule has 0 N–H and O–H groups in total. The van der Waals surface area contributed by atoms with Crippen LogP contribution in [0.25, 0.3) is 0 Å². The predicted molar refractivity (Wildman–Crippen MR) is 52.0 cm³/mol. The SMILES string of the molecule is Cc1ccc(C2ON2C(C)C)cc1. The number of hydroxylamine groups is 2. The summed E-state index contributed by atoms with van der Waals surface area (Å²) in [5, 5.41) is 2.00. The second-order valence-electron chi connectivity index (χ2n) is 3.82. The number of hydrogen-bond acceptors (Lipinski definition) is 2. The first-order valence-corrected chi connectivity index (χ1v) is 4.70. The van der Waals surface area contributed by atoms with E-state index in [0.717, 1.165) is 0 Å². The Morgan fingerprint density at radius 3 is 2.31 bits per heavy atom. The molecule has 1 aromatic carbocycles. The van der Waals surface area contributed by atoms with E-state index in [9.17, 15) is 0 Å². The van der Waals surface area contributed by atoms with E-state index in [1.165, 1.54) is 11.1 Å². The van der Waals surface area contributed by atoms with Gasteiger partial charge in [-0.1, -0.05) is 29.8 Å². The van der Waals surface area contributed by atoms with Crippen LogP contribution in [0.15, 0.2) is 24.3 Å². The molecule has 2 atom stereocenters. The zero-order valence-corrected chi connectivity index (χ0v) is 8.32. The van der Waals surface area contributed by atoms with Crippen LogP contribution in [0.2, 0.25) is 0 Å². The minimum absolute atomic E-state index is 0.195. The van der Waals surface area contributed by atoms with E-state index >= 15 is 0 Å². The molecule has 0 aliphatic carbocycles. The fourth-order valence-corrected chi connectivity index (χ4v) is 1.42. The van der Waals surface area contributed by atoms with E-state index in [4.69, 9.17) is 4.84 Å². The Hall–Kier alpha value is -0.860. The molecule has 0 bridgehead atoms. The molecule has 1 aliphatic rings. The average molecular weight is 177 g/mol. The van der Waals surface area contributed by atoms with E-state index in [1.807, 2.05) is 5.06 Å². The van der Waals surface area contributed by atoms with Crippen molar-refractivity contribution in [3.8, 4) is 0 Å². The van der Waals surface area contributed by atoms with Gasteiger partial charge in [-0.2, -0.15) is 0 Å². The van der Waals surface area contributed by atoms with Crippen molar-refractivity contribution in [1.29, 1.82) is 0 Å². The van der Waals surface area contributed by atoms with Gasteiger partial charge >= 0.3 is 0 Å². The molecule has 1 aromatic rings. The van der Waals surface area contributed by atoms with Gasteiger partial charge in [-0.15, -0.1) is 5.06 Å². The van der Waals surface area contributed by atoms with Gasteiger partial charge in [0.15, 0.2) is 6.23 Å². The third kappa shape index (κ3) is 1.74. The van der Waals surface area contributed by atoms with Crippen LogP contribution >= 0.6 is 0 Å². The smallest absolute Gasteiger partial charge is 0.180 e. The average Bonchev–Trinajstić information content (AvgIpc) is 2.85. The molecule has 13 heavy (non-hydrogen) atoms. The van der Waals surface area contributed by atoms with Crippen LogP contribution in [0.5, 0.6) is 0 Å². The molecule has 0 aromatic heterocycles. The summed E-state index contributed by atoms with van der Waals surface area (Å²) in [5.41, 5.74) is 2.54. The molecule has 70 valence electrons. The van der Waals surface area contributed by atoms with E-state index in [1.54, 1.807) is 0 Å². The van der Waals surface area contributed by atoms with Crippen molar-refractivity contribution in [2.24, 2.45) is 0 Å². The number of nitrogens with zero attached hydrogens (tertiary/aromatic N) is 1. The lowest BCUT2D eigenvalue weighted by molar-refractivity contribution is 0.164. The van der Waals surface area contributed by atoms with Crippen LogP contribution in [0, 0.1) is 6.92 Å². The molecule has 1 fully saturated rings. The lowest BCUT2D eigenvalue weighted by Crippen LogP contribution is -2.08. The third-order valence-corrected chi connectivity index (χ3v) is 2.28. The first-order valence-electron chi connectivity index (χ1n) is 4.70. The van der Waals surface area contributed by atoms with E-state index < -0.39 is 0 Å². The molecule has 0 radical (unpaired) electrons. The summed E-state index contributed by atoms with van der Waals surface area (Å²) >= 11 is 0. The highest BCUT2D eigenvalue weighted by atomic mass is 16.8. The van der Waals surface area contributed by atoms with Crippen molar-refractivity contribution in [3.05, 3.63) is 35.4 Å². The molecule has 0 amide bonds. The molecular formula is C11H15NO. The number of benzene rings is 1. The van der Waals surface area contributed by atoms with Gasteiger partial charge < -0.3 is 0 Å². The third-order valence-electron chi connectivity index (χ3n) is 2.28. The summed E-state index contributed by atoms with van der Waals surface area (Å²) in [5.74, 6) is 0. The lowest BCUT2D eigenvalue weighted by atomic mass is 10.1. The first-order chi connectivity index (χ1) is 6.18. The number of rotatable bonds is 2. The first kappa shape index (κ1) is 8.73. The lowest BCUT2D eigenvalue weighted by Gasteiger charge is -2.01. The highest BCUT2D eigenvalue weighted by Gasteiger charge is 2.39. The molecule has 2 nitrogen and oxygen atoms in total. The van der Waals surface area contributed by atoms with Crippen LogP contribution in [0.3, 0.4) is 0 Å². The maximum Gasteiger partial charge on any atom is 0.180 e. The van der Waals surface area contributed by atoms with E-state index in [2.05, 4.69) is 45.0 Å². The molecule has 1 heterocycles. The zero-order chi connectivity index (χ0) is 9.42. The summed E-state index contributed by atoms with van der Waals surface area (Å²) in [4.78, 5) is 5.44. The van der Waals surface area contributed by atoms with Gasteiger partial charge in [0.25, 0.3) is 0 Å². The maximum atomic E-state index is 5.44. The predicted octanol–water partition coefficient (Wildman–Crippen LogP) is 2.65. The molecule has 2 heteroatoms. The molecule has 2 unspecified atom stereocenters. The van der Waals surface area contributed by atoms with Crippen molar-refractivity contribution < 1.29 is 4.84 Å². The van der Waals surface area contributed by atoms with Crippen molar-refractivity contribution in [3.63, 3.8) is 0 Å². The van der Waals surface area contributed by atoms with Gasteiger partial charge in [0, 0.05) is 6.04 Å². The van der Waals surface area contributed by atoms with Crippen LogP contribution < -0.4 is 0 Å². The molecule has 0 spiro atoms. The number of hydrogen-bond donors (Lipinski definition) is 0. The van der Waals surface area contributed by atoms with Gasteiger partial charge in [-0.25, -0.2) is 0 Å². The van der Waals surface area contributed by atoms with Gasteiger partial charge in [0.05, 0.1) is 0 Å². The van der Waals surface area contributed by atoms with Crippen molar-refractivity contribution in [1.82, 2.24) is 5.06 Å². The fourth-order valence-electron chi connectivity index (χ4n) is 1.42. The summed E-state index contributed by atoms with van der Waals surface area (Å²) in [7, 11) is 0. The Balaban J connectivity index is 2.08. The Morgan fingerprint density at radius 2 is 1.85 bits per heavy atom. The van der Waals surface area contributed by atoms with Crippen LogP contribution in [-0.4, -0.2) is 11.1 Å². The monoisotopic (exact) mass is 177 g/mol. The summed E-state index contributed by atoms with van der Waals surface area (Å²) in [6.45, 7) is 6.36. The van der Waals surface area contributed by atoms with Crippen molar-refractivity contribution >= 4 is 0 Å². The largest absolute Gasteiger partial charge is 0.270 e. The van der Waals surface area contributed by atoms with Crippen LogP contribution in [0.4, 0.5) is 0 Å². The Labute approximate surface area is 79.1 Å². The van der Waals surface area contributed by atoms with Crippen LogP contribution in [0.1, 0.15) is 31.2 Å². The highest BCUT2D eigenvalue weighted by molar-refractivity contribution is 5.24. The molecule has 1 aliphatic heterocycles. The highest BCUT2D eigenvalue weighted by Crippen LogP contribution is 2.38. The minimum atomic E-state index is 0.195. The van der Waals surface area contributed by atoms with Gasteiger partial charge in [-0.05, 0) is 26.3 Å². The van der Waals surface area contributed by atoms with Crippen LogP contribution in [-0.2, 0) is 4.84 Å². The fraction of sp³-hybridized carbons (Fsp3) is 0.455. The van der Waals surface area contributed by atoms with E-state index in [0.29, 0.717) is 6.04 Å². The molecule has 1 saturated heterocycles. The summed E-state index contributed by atoms with van der Waals surface area (Å²) < 4.78 is 0. The standard InChI is InChI=1S/C11H15NO/c1-8(2)12-11(13-12)10-6-4-9(3)5-7-10/h4-8,11H,1-3H3. The minimum Gasteiger partial charge on any atom is -0.270 e. The summed E-state index contributed by atoms with van der Waals surface area (Å²) in [6, 6.07) is 8.96. The molecule has 0 saturated carbocycles. The second kappa shape index (κ2) is 3.13. The molecule has 2 rings (SSSR count). The van der Waals surface area contributed by atoms with Crippen molar-refractivity contribution in [2.75, 3.05) is 0 Å². The zero-order valence-electron chi connectivity index (χ0n) is 8.32. The normalized spacial score (nSPS) is 26.5. The van der Waals surface area contributed by atoms with Gasteiger partial charge in [-0.3, -0.25) is 4.84 Å². The topological polar surface area (TPSA) is 15.5 Å². The Bertz CT molecular complexity index is 291. The van der Waals surface area contributed by atoms with E-state index in [-0.39, 0.29) is 6.23 Å². The number of aryl methyl sites for hydroxylation is 1. The molecular weight excluding hydrogens is 162 g/mol. The van der Waals surface area contributed by atoms with Gasteiger partial charge in [0.1, 0.15) is 0 Å². The maximum absolute atomic E-state index is 5.44.